The molecule has 1 unspecified atom stereocenters. The Bertz CT molecular complexity index is 375. The van der Waals surface area contributed by atoms with E-state index in [1.54, 1.807) is 0 Å². The van der Waals surface area contributed by atoms with E-state index in [9.17, 15) is 0 Å². The first-order chi connectivity index (χ1) is 8.17. The molecule has 0 aromatic carbocycles. The van der Waals surface area contributed by atoms with Crippen molar-refractivity contribution in [2.75, 3.05) is 0 Å². The van der Waals surface area contributed by atoms with E-state index < -0.39 is 0 Å². The first-order valence-electron chi connectivity index (χ1n) is 7.01. The van der Waals surface area contributed by atoms with Crippen molar-refractivity contribution in [3.8, 4) is 0 Å². The topological polar surface area (TPSA) is 43.8 Å². The molecule has 3 heteroatoms. The van der Waals surface area contributed by atoms with Gasteiger partial charge in [-0.15, -0.1) is 0 Å². The van der Waals surface area contributed by atoms with Crippen LogP contribution >= 0.6 is 0 Å². The van der Waals surface area contributed by atoms with Gasteiger partial charge in [0.05, 0.1) is 5.69 Å². The number of hydrogen-bond donors (Lipinski definition) is 1. The third-order valence-electron chi connectivity index (χ3n) is 3.96. The molecule has 1 aromatic rings. The van der Waals surface area contributed by atoms with Gasteiger partial charge < -0.3 is 5.73 Å². The van der Waals surface area contributed by atoms with Crippen LogP contribution in [0.15, 0.2) is 0 Å². The molecule has 1 aliphatic carbocycles. The van der Waals surface area contributed by atoms with Gasteiger partial charge in [-0.1, -0.05) is 20.3 Å². The molecule has 1 atom stereocenters. The van der Waals surface area contributed by atoms with Crippen molar-refractivity contribution >= 4 is 0 Å². The SMILES string of the molecule is CCc1nn(CC2CCC2)c(CC)c1C(C)N. The summed E-state index contributed by atoms with van der Waals surface area (Å²) in [5.74, 6) is 0.853. The fourth-order valence-corrected chi connectivity index (χ4v) is 2.80. The highest BCUT2D eigenvalue weighted by atomic mass is 15.3. The maximum atomic E-state index is 6.10. The lowest BCUT2D eigenvalue weighted by Gasteiger charge is -2.26. The minimum absolute atomic E-state index is 0.107. The third kappa shape index (κ3) is 2.39. The van der Waals surface area contributed by atoms with Gasteiger partial charge in [-0.05, 0) is 38.5 Å². The third-order valence-corrected chi connectivity index (χ3v) is 3.96. The van der Waals surface area contributed by atoms with Crippen LogP contribution in [0, 0.1) is 5.92 Å². The largest absolute Gasteiger partial charge is 0.324 e. The lowest BCUT2D eigenvalue weighted by molar-refractivity contribution is 0.263. The van der Waals surface area contributed by atoms with Gasteiger partial charge in [0.25, 0.3) is 0 Å². The molecule has 17 heavy (non-hydrogen) atoms. The van der Waals surface area contributed by atoms with Crippen LogP contribution in [-0.2, 0) is 19.4 Å². The second-order valence-corrected chi connectivity index (χ2v) is 5.28. The van der Waals surface area contributed by atoms with Gasteiger partial charge in [0, 0.05) is 23.8 Å². The van der Waals surface area contributed by atoms with Gasteiger partial charge in [0.15, 0.2) is 0 Å². The van der Waals surface area contributed by atoms with Crippen molar-refractivity contribution < 1.29 is 0 Å². The van der Waals surface area contributed by atoms with Crippen LogP contribution in [0.2, 0.25) is 0 Å². The first kappa shape index (κ1) is 12.6. The molecule has 0 amide bonds. The van der Waals surface area contributed by atoms with E-state index in [0.717, 1.165) is 25.3 Å². The molecule has 0 spiro atoms. The predicted octanol–water partition coefficient (Wildman–Crippen LogP) is 2.83. The summed E-state index contributed by atoms with van der Waals surface area (Å²) in [4.78, 5) is 0. The number of nitrogens with zero attached hydrogens (tertiary/aromatic N) is 2. The fourth-order valence-electron chi connectivity index (χ4n) is 2.80. The smallest absolute Gasteiger partial charge is 0.0672 e. The fraction of sp³-hybridized carbons (Fsp3) is 0.786. The summed E-state index contributed by atoms with van der Waals surface area (Å²) in [6.45, 7) is 7.55. The molecule has 1 aliphatic rings. The second-order valence-electron chi connectivity index (χ2n) is 5.28. The predicted molar refractivity (Wildman–Crippen MR) is 70.9 cm³/mol. The molecule has 0 bridgehead atoms. The van der Waals surface area contributed by atoms with Crippen LogP contribution in [-0.4, -0.2) is 9.78 Å². The zero-order chi connectivity index (χ0) is 12.4. The summed E-state index contributed by atoms with van der Waals surface area (Å²) in [6.07, 6.45) is 6.17. The van der Waals surface area contributed by atoms with Crippen molar-refractivity contribution in [3.63, 3.8) is 0 Å². The highest BCUT2D eigenvalue weighted by molar-refractivity contribution is 5.29. The average Bonchev–Trinajstić information content (AvgIpc) is 2.61. The monoisotopic (exact) mass is 235 g/mol. The highest BCUT2D eigenvalue weighted by Crippen LogP contribution is 2.30. The summed E-state index contributed by atoms with van der Waals surface area (Å²) in [5, 5.41) is 4.78. The number of hydrogen-bond acceptors (Lipinski definition) is 2. The van der Waals surface area contributed by atoms with E-state index in [4.69, 9.17) is 10.8 Å². The first-order valence-corrected chi connectivity index (χ1v) is 7.01. The molecule has 96 valence electrons. The maximum absolute atomic E-state index is 6.10. The number of rotatable bonds is 5. The molecule has 3 nitrogen and oxygen atoms in total. The Morgan fingerprint density at radius 3 is 2.47 bits per heavy atom. The molecule has 0 radical (unpaired) electrons. The van der Waals surface area contributed by atoms with E-state index in [2.05, 4.69) is 25.5 Å². The van der Waals surface area contributed by atoms with Crippen LogP contribution in [0.4, 0.5) is 0 Å². The maximum Gasteiger partial charge on any atom is 0.0672 e. The standard InChI is InChI=1S/C14H25N3/c1-4-12-14(10(3)15)13(5-2)17(16-12)9-11-7-6-8-11/h10-11H,4-9,15H2,1-3H3. The molecule has 1 heterocycles. The van der Waals surface area contributed by atoms with E-state index >= 15 is 0 Å². The molecule has 0 aliphatic heterocycles. The Hall–Kier alpha value is -0.830. The van der Waals surface area contributed by atoms with Crippen molar-refractivity contribution in [3.05, 3.63) is 17.0 Å². The normalized spacial score (nSPS) is 18.1. The van der Waals surface area contributed by atoms with E-state index in [0.29, 0.717) is 0 Å². The number of aryl methyl sites for hydroxylation is 1. The zero-order valence-electron chi connectivity index (χ0n) is 11.4. The molecule has 2 rings (SSSR count). The Labute approximate surface area is 104 Å². The lowest BCUT2D eigenvalue weighted by atomic mass is 9.85. The molecule has 0 saturated heterocycles. The van der Waals surface area contributed by atoms with Crippen LogP contribution in [0.3, 0.4) is 0 Å². The summed E-state index contributed by atoms with van der Waals surface area (Å²) < 4.78 is 2.24. The minimum atomic E-state index is 0.107. The lowest BCUT2D eigenvalue weighted by Crippen LogP contribution is -2.20. The van der Waals surface area contributed by atoms with Crippen molar-refractivity contribution in [2.24, 2.45) is 11.7 Å². The summed E-state index contributed by atoms with van der Waals surface area (Å²) >= 11 is 0. The Morgan fingerprint density at radius 2 is 2.06 bits per heavy atom. The minimum Gasteiger partial charge on any atom is -0.324 e. The Kier molecular flexibility index (Phi) is 3.87. The van der Waals surface area contributed by atoms with Gasteiger partial charge in [0.1, 0.15) is 0 Å². The quantitative estimate of drug-likeness (QED) is 0.853. The average molecular weight is 235 g/mol. The van der Waals surface area contributed by atoms with Crippen molar-refractivity contribution in [1.29, 1.82) is 0 Å². The highest BCUT2D eigenvalue weighted by Gasteiger charge is 2.23. The molecular formula is C14H25N3. The van der Waals surface area contributed by atoms with Crippen molar-refractivity contribution in [2.45, 2.75) is 65.5 Å². The summed E-state index contributed by atoms with van der Waals surface area (Å²) in [5.41, 5.74) is 9.97. The van der Waals surface area contributed by atoms with Crippen LogP contribution in [0.5, 0.6) is 0 Å². The van der Waals surface area contributed by atoms with Crippen LogP contribution in [0.25, 0.3) is 0 Å². The summed E-state index contributed by atoms with van der Waals surface area (Å²) in [7, 11) is 0. The zero-order valence-corrected chi connectivity index (χ0v) is 11.4. The Balaban J connectivity index is 2.29. The van der Waals surface area contributed by atoms with Gasteiger partial charge >= 0.3 is 0 Å². The number of aromatic nitrogens is 2. The summed E-state index contributed by atoms with van der Waals surface area (Å²) in [6, 6.07) is 0.107. The molecule has 1 fully saturated rings. The van der Waals surface area contributed by atoms with E-state index in [-0.39, 0.29) is 6.04 Å². The van der Waals surface area contributed by atoms with Crippen LogP contribution < -0.4 is 5.73 Å². The number of nitrogens with two attached hydrogens (primary N) is 1. The van der Waals surface area contributed by atoms with Gasteiger partial charge in [0.2, 0.25) is 0 Å². The molecular weight excluding hydrogens is 210 g/mol. The van der Waals surface area contributed by atoms with Gasteiger partial charge in [-0.3, -0.25) is 4.68 Å². The molecule has 1 aromatic heterocycles. The molecule has 1 saturated carbocycles. The van der Waals surface area contributed by atoms with E-state index in [1.807, 2.05) is 0 Å². The Morgan fingerprint density at radius 1 is 1.35 bits per heavy atom. The van der Waals surface area contributed by atoms with Crippen molar-refractivity contribution in [1.82, 2.24) is 9.78 Å². The second kappa shape index (κ2) is 5.21. The van der Waals surface area contributed by atoms with Crippen LogP contribution in [0.1, 0.15) is 63.0 Å². The van der Waals surface area contributed by atoms with Gasteiger partial charge in [-0.2, -0.15) is 5.10 Å². The van der Waals surface area contributed by atoms with E-state index in [1.165, 1.54) is 36.2 Å². The van der Waals surface area contributed by atoms with Gasteiger partial charge in [-0.25, -0.2) is 0 Å². The molecule has 2 N–H and O–H groups in total.